The number of benzene rings is 1. The zero-order chi connectivity index (χ0) is 13.0. The highest BCUT2D eigenvalue weighted by molar-refractivity contribution is 6.31. The molecule has 0 aliphatic carbocycles. The molecule has 1 fully saturated rings. The minimum atomic E-state index is -0.437. The minimum Gasteiger partial charge on any atom is -0.314 e. The van der Waals surface area contributed by atoms with Crippen LogP contribution in [-0.2, 0) is 0 Å². The molecule has 6 heteroatoms. The third-order valence-corrected chi connectivity index (χ3v) is 3.71. The van der Waals surface area contributed by atoms with E-state index in [1.54, 1.807) is 12.1 Å². The SMILES string of the molecule is Cl.FCC[C@@H](c1cccc(F)c1Cl)N1CCNCC1. The van der Waals surface area contributed by atoms with Crippen molar-refractivity contribution in [1.29, 1.82) is 0 Å². The van der Waals surface area contributed by atoms with E-state index in [2.05, 4.69) is 10.2 Å². The number of nitrogens with one attached hydrogen (secondary N) is 1. The maximum atomic E-state index is 13.5. The molecule has 108 valence electrons. The van der Waals surface area contributed by atoms with Gasteiger partial charge in [-0.25, -0.2) is 4.39 Å². The topological polar surface area (TPSA) is 15.3 Å². The second kappa shape index (κ2) is 8.00. The van der Waals surface area contributed by atoms with Crippen LogP contribution in [0.1, 0.15) is 18.0 Å². The highest BCUT2D eigenvalue weighted by Crippen LogP contribution is 2.32. The van der Waals surface area contributed by atoms with Crippen molar-refractivity contribution in [1.82, 2.24) is 10.2 Å². The molecule has 1 N–H and O–H groups in total. The van der Waals surface area contributed by atoms with E-state index in [0.717, 1.165) is 26.2 Å². The molecule has 1 aromatic rings. The predicted octanol–water partition coefficient (Wildman–Crippen LogP) is 3.21. The molecule has 2 rings (SSSR count). The molecule has 1 atom stereocenters. The lowest BCUT2D eigenvalue weighted by Gasteiger charge is -2.35. The fourth-order valence-electron chi connectivity index (χ4n) is 2.41. The van der Waals surface area contributed by atoms with E-state index in [1.165, 1.54) is 6.07 Å². The lowest BCUT2D eigenvalue weighted by Crippen LogP contribution is -2.45. The van der Waals surface area contributed by atoms with Crippen LogP contribution >= 0.6 is 24.0 Å². The molecule has 1 heterocycles. The largest absolute Gasteiger partial charge is 0.314 e. The average Bonchev–Trinajstić information content (AvgIpc) is 2.41. The Morgan fingerprint density at radius 1 is 1.32 bits per heavy atom. The summed E-state index contributed by atoms with van der Waals surface area (Å²) in [6.07, 6.45) is 0.350. The summed E-state index contributed by atoms with van der Waals surface area (Å²) in [5, 5.41) is 3.37. The molecule has 0 amide bonds. The van der Waals surface area contributed by atoms with Crippen LogP contribution in [0.2, 0.25) is 5.02 Å². The van der Waals surface area contributed by atoms with Crippen LogP contribution in [0.25, 0.3) is 0 Å². The Hall–Kier alpha value is -0.420. The third-order valence-electron chi connectivity index (χ3n) is 3.32. The van der Waals surface area contributed by atoms with E-state index in [9.17, 15) is 8.78 Å². The predicted molar refractivity (Wildman–Crippen MR) is 76.4 cm³/mol. The van der Waals surface area contributed by atoms with Gasteiger partial charge in [0.2, 0.25) is 0 Å². The number of alkyl halides is 1. The van der Waals surface area contributed by atoms with Gasteiger partial charge in [0.25, 0.3) is 0 Å². The van der Waals surface area contributed by atoms with Crippen molar-refractivity contribution in [2.45, 2.75) is 12.5 Å². The molecule has 1 aliphatic rings. The van der Waals surface area contributed by atoms with Crippen LogP contribution in [0.4, 0.5) is 8.78 Å². The minimum absolute atomic E-state index is 0. The zero-order valence-corrected chi connectivity index (χ0v) is 12.1. The number of hydrogen-bond donors (Lipinski definition) is 1. The van der Waals surface area contributed by atoms with Crippen molar-refractivity contribution in [3.8, 4) is 0 Å². The van der Waals surface area contributed by atoms with Crippen LogP contribution in [0.3, 0.4) is 0 Å². The van der Waals surface area contributed by atoms with Gasteiger partial charge in [-0.05, 0) is 18.1 Å². The molecule has 0 bridgehead atoms. The quantitative estimate of drug-likeness (QED) is 0.918. The maximum Gasteiger partial charge on any atom is 0.142 e. The number of hydrogen-bond acceptors (Lipinski definition) is 2. The Balaban J connectivity index is 0.00000180. The summed E-state index contributed by atoms with van der Waals surface area (Å²) in [6.45, 7) is 2.97. The van der Waals surface area contributed by atoms with Crippen LogP contribution in [-0.4, -0.2) is 37.8 Å². The van der Waals surface area contributed by atoms with Gasteiger partial charge in [0.15, 0.2) is 0 Å². The Kier molecular flexibility index (Phi) is 7.00. The molecule has 2 nitrogen and oxygen atoms in total. The van der Waals surface area contributed by atoms with E-state index in [0.29, 0.717) is 12.0 Å². The van der Waals surface area contributed by atoms with E-state index in [-0.39, 0.29) is 23.5 Å². The highest BCUT2D eigenvalue weighted by atomic mass is 35.5. The maximum absolute atomic E-state index is 13.5. The molecule has 1 saturated heterocycles. The van der Waals surface area contributed by atoms with Crippen molar-refractivity contribution in [2.75, 3.05) is 32.9 Å². The second-order valence-electron chi connectivity index (χ2n) is 4.42. The van der Waals surface area contributed by atoms with E-state index >= 15 is 0 Å². The summed E-state index contributed by atoms with van der Waals surface area (Å²) in [5.74, 6) is -0.437. The number of rotatable bonds is 4. The van der Waals surface area contributed by atoms with Crippen LogP contribution in [0.15, 0.2) is 18.2 Å². The summed E-state index contributed by atoms with van der Waals surface area (Å²) in [7, 11) is 0. The number of halogens is 4. The fraction of sp³-hybridized carbons (Fsp3) is 0.538. The molecule has 0 unspecified atom stereocenters. The monoisotopic (exact) mass is 310 g/mol. The summed E-state index contributed by atoms with van der Waals surface area (Å²) in [6, 6.07) is 4.61. The van der Waals surface area contributed by atoms with E-state index in [4.69, 9.17) is 11.6 Å². The molecule has 19 heavy (non-hydrogen) atoms. The van der Waals surface area contributed by atoms with Gasteiger partial charge in [-0.3, -0.25) is 9.29 Å². The normalized spacial score (nSPS) is 17.8. The molecule has 0 aromatic heterocycles. The summed E-state index contributed by atoms with van der Waals surface area (Å²) in [4.78, 5) is 2.16. The molecule has 1 aromatic carbocycles. The fourth-order valence-corrected chi connectivity index (χ4v) is 2.66. The number of nitrogens with zero attached hydrogens (tertiary/aromatic N) is 1. The van der Waals surface area contributed by atoms with Crippen molar-refractivity contribution in [3.05, 3.63) is 34.6 Å². The summed E-state index contributed by atoms with van der Waals surface area (Å²) >= 11 is 6.00. The first-order valence-electron chi connectivity index (χ1n) is 6.18. The average molecular weight is 311 g/mol. The van der Waals surface area contributed by atoms with Gasteiger partial charge in [-0.1, -0.05) is 23.7 Å². The first-order valence-corrected chi connectivity index (χ1v) is 6.56. The second-order valence-corrected chi connectivity index (χ2v) is 4.80. The lowest BCUT2D eigenvalue weighted by molar-refractivity contribution is 0.157. The number of piperazine rings is 1. The summed E-state index contributed by atoms with van der Waals surface area (Å²) < 4.78 is 26.2. The van der Waals surface area contributed by atoms with E-state index in [1.807, 2.05) is 0 Å². The van der Waals surface area contributed by atoms with Gasteiger partial charge in [-0.2, -0.15) is 0 Å². The lowest BCUT2D eigenvalue weighted by atomic mass is 10.0. The Labute approximate surface area is 123 Å². The molecule has 0 spiro atoms. The smallest absolute Gasteiger partial charge is 0.142 e. The van der Waals surface area contributed by atoms with E-state index < -0.39 is 12.5 Å². The molecule has 0 radical (unpaired) electrons. The van der Waals surface area contributed by atoms with Crippen molar-refractivity contribution < 1.29 is 8.78 Å². The summed E-state index contributed by atoms with van der Waals surface area (Å²) in [5.41, 5.74) is 0.691. The van der Waals surface area contributed by atoms with Crippen LogP contribution in [0, 0.1) is 5.82 Å². The van der Waals surface area contributed by atoms with Crippen molar-refractivity contribution in [3.63, 3.8) is 0 Å². The van der Waals surface area contributed by atoms with Crippen LogP contribution in [0.5, 0.6) is 0 Å². The first kappa shape index (κ1) is 16.6. The van der Waals surface area contributed by atoms with Gasteiger partial charge >= 0.3 is 0 Å². The molecular weight excluding hydrogens is 293 g/mol. The Morgan fingerprint density at radius 3 is 2.63 bits per heavy atom. The molecule has 1 aliphatic heterocycles. The van der Waals surface area contributed by atoms with Gasteiger partial charge < -0.3 is 5.32 Å². The van der Waals surface area contributed by atoms with Crippen molar-refractivity contribution in [2.24, 2.45) is 0 Å². The van der Waals surface area contributed by atoms with Gasteiger partial charge in [0.05, 0.1) is 11.7 Å². The molecule has 0 saturated carbocycles. The zero-order valence-electron chi connectivity index (χ0n) is 10.5. The standard InChI is InChI=1S/C13H17ClF2N2.ClH/c14-13-10(2-1-3-11(13)16)12(4-5-15)18-8-6-17-7-9-18;/h1-3,12,17H,4-9H2;1H/t12-;/m0./s1. The van der Waals surface area contributed by atoms with Gasteiger partial charge in [0.1, 0.15) is 5.82 Å². The van der Waals surface area contributed by atoms with Crippen LogP contribution < -0.4 is 5.32 Å². The van der Waals surface area contributed by atoms with Crippen molar-refractivity contribution >= 4 is 24.0 Å². The highest BCUT2D eigenvalue weighted by Gasteiger charge is 2.24. The first-order chi connectivity index (χ1) is 8.74. The molecular formula is C13H18Cl2F2N2. The van der Waals surface area contributed by atoms with Gasteiger partial charge in [-0.15, -0.1) is 12.4 Å². The Bertz CT molecular complexity index is 398. The third kappa shape index (κ3) is 4.02. The van der Waals surface area contributed by atoms with Gasteiger partial charge in [0, 0.05) is 32.2 Å². The Morgan fingerprint density at radius 2 is 2.00 bits per heavy atom.